The van der Waals surface area contributed by atoms with Gasteiger partial charge in [0, 0.05) is 24.7 Å². The first kappa shape index (κ1) is 15.4. The van der Waals surface area contributed by atoms with Gasteiger partial charge in [-0.05, 0) is 41.5 Å². The summed E-state index contributed by atoms with van der Waals surface area (Å²) in [6.45, 7) is 0.771. The van der Waals surface area contributed by atoms with Crippen LogP contribution in [0.2, 0.25) is 5.02 Å². The van der Waals surface area contributed by atoms with Gasteiger partial charge in [0.25, 0.3) is 0 Å². The van der Waals surface area contributed by atoms with Gasteiger partial charge in [-0.1, -0.05) is 29.8 Å². The summed E-state index contributed by atoms with van der Waals surface area (Å²) in [5.41, 5.74) is 1.92. The number of carbonyl (C=O) groups excluding carboxylic acids is 1. The number of fused-ring (bicyclic) bond motifs is 1. The SMILES string of the molecule is CN(Cc1ccc(Cl)cc1)C(=O)C=Cc1ccc2c(c1)OCO2. The van der Waals surface area contributed by atoms with E-state index in [2.05, 4.69) is 0 Å². The maximum absolute atomic E-state index is 12.2. The third-order valence-corrected chi connectivity index (χ3v) is 3.78. The summed E-state index contributed by atoms with van der Waals surface area (Å²) >= 11 is 5.86. The van der Waals surface area contributed by atoms with Crippen LogP contribution in [0, 0.1) is 0 Å². The molecule has 2 aromatic carbocycles. The highest BCUT2D eigenvalue weighted by molar-refractivity contribution is 6.30. The van der Waals surface area contributed by atoms with Crippen LogP contribution < -0.4 is 9.47 Å². The Morgan fingerprint density at radius 3 is 2.70 bits per heavy atom. The number of carbonyl (C=O) groups is 1. The van der Waals surface area contributed by atoms with E-state index in [-0.39, 0.29) is 12.7 Å². The third kappa shape index (κ3) is 3.85. The van der Waals surface area contributed by atoms with Gasteiger partial charge in [0.05, 0.1) is 0 Å². The predicted octanol–water partition coefficient (Wildman–Crippen LogP) is 3.74. The number of benzene rings is 2. The van der Waals surface area contributed by atoms with Crippen molar-refractivity contribution in [3.05, 3.63) is 64.7 Å². The van der Waals surface area contributed by atoms with Gasteiger partial charge in [0.1, 0.15) is 0 Å². The van der Waals surface area contributed by atoms with Crippen molar-refractivity contribution in [2.45, 2.75) is 6.54 Å². The van der Waals surface area contributed by atoms with Gasteiger partial charge in [-0.25, -0.2) is 0 Å². The van der Waals surface area contributed by atoms with Gasteiger partial charge in [-0.3, -0.25) is 4.79 Å². The summed E-state index contributed by atoms with van der Waals surface area (Å²) in [6, 6.07) is 13.0. The molecule has 0 aliphatic carbocycles. The largest absolute Gasteiger partial charge is 0.454 e. The number of rotatable bonds is 4. The molecule has 0 N–H and O–H groups in total. The number of hydrogen-bond acceptors (Lipinski definition) is 3. The molecule has 118 valence electrons. The molecule has 1 heterocycles. The van der Waals surface area contributed by atoms with Crippen LogP contribution in [-0.2, 0) is 11.3 Å². The first-order valence-electron chi connectivity index (χ1n) is 7.19. The molecule has 0 aromatic heterocycles. The first-order valence-corrected chi connectivity index (χ1v) is 7.57. The van der Waals surface area contributed by atoms with Gasteiger partial charge in [-0.2, -0.15) is 0 Å². The van der Waals surface area contributed by atoms with Crippen molar-refractivity contribution < 1.29 is 14.3 Å². The van der Waals surface area contributed by atoms with Crippen molar-refractivity contribution in [2.75, 3.05) is 13.8 Å². The summed E-state index contributed by atoms with van der Waals surface area (Å²) in [5, 5.41) is 0.686. The minimum atomic E-state index is -0.0717. The second kappa shape index (κ2) is 6.75. The summed E-state index contributed by atoms with van der Waals surface area (Å²) in [4.78, 5) is 13.8. The van der Waals surface area contributed by atoms with E-state index in [0.717, 1.165) is 16.9 Å². The molecular formula is C18H16ClNO3. The highest BCUT2D eigenvalue weighted by atomic mass is 35.5. The van der Waals surface area contributed by atoms with Crippen molar-refractivity contribution in [3.8, 4) is 11.5 Å². The van der Waals surface area contributed by atoms with E-state index >= 15 is 0 Å². The number of likely N-dealkylation sites (N-methyl/N-ethyl adjacent to an activating group) is 1. The van der Waals surface area contributed by atoms with Crippen molar-refractivity contribution in [1.29, 1.82) is 0 Å². The lowest BCUT2D eigenvalue weighted by Crippen LogP contribution is -2.24. The lowest BCUT2D eigenvalue weighted by Gasteiger charge is -2.15. The number of nitrogens with zero attached hydrogens (tertiary/aromatic N) is 1. The minimum Gasteiger partial charge on any atom is -0.454 e. The second-order valence-electron chi connectivity index (χ2n) is 5.27. The highest BCUT2D eigenvalue weighted by Gasteiger charge is 2.12. The van der Waals surface area contributed by atoms with Gasteiger partial charge in [0.2, 0.25) is 12.7 Å². The molecule has 1 amide bonds. The van der Waals surface area contributed by atoms with Gasteiger partial charge in [-0.15, -0.1) is 0 Å². The average molecular weight is 330 g/mol. The van der Waals surface area contributed by atoms with Gasteiger partial charge in [0.15, 0.2) is 11.5 Å². The van der Waals surface area contributed by atoms with Crippen LogP contribution in [0.3, 0.4) is 0 Å². The summed E-state index contributed by atoms with van der Waals surface area (Å²) in [7, 11) is 1.76. The van der Waals surface area contributed by atoms with Crippen LogP contribution in [-0.4, -0.2) is 24.6 Å². The van der Waals surface area contributed by atoms with E-state index < -0.39 is 0 Å². The molecule has 5 heteroatoms. The van der Waals surface area contributed by atoms with E-state index in [1.54, 1.807) is 24.1 Å². The average Bonchev–Trinajstić information content (AvgIpc) is 3.02. The third-order valence-electron chi connectivity index (χ3n) is 3.52. The standard InChI is InChI=1S/C18H16ClNO3/c1-20(11-14-2-6-15(19)7-3-14)18(21)9-5-13-4-8-16-17(10-13)23-12-22-16/h2-10H,11-12H2,1H3. The maximum Gasteiger partial charge on any atom is 0.246 e. The van der Waals surface area contributed by atoms with Crippen LogP contribution in [0.4, 0.5) is 0 Å². The number of ether oxygens (including phenoxy) is 2. The fourth-order valence-electron chi connectivity index (χ4n) is 2.25. The second-order valence-corrected chi connectivity index (χ2v) is 5.70. The zero-order valence-corrected chi connectivity index (χ0v) is 13.4. The van der Waals surface area contributed by atoms with Crippen molar-refractivity contribution in [2.24, 2.45) is 0 Å². The Kier molecular flexibility index (Phi) is 4.53. The van der Waals surface area contributed by atoms with E-state index in [0.29, 0.717) is 17.3 Å². The maximum atomic E-state index is 12.2. The van der Waals surface area contributed by atoms with Crippen LogP contribution >= 0.6 is 11.6 Å². The topological polar surface area (TPSA) is 38.8 Å². The Hall–Kier alpha value is -2.46. The number of hydrogen-bond donors (Lipinski definition) is 0. The smallest absolute Gasteiger partial charge is 0.246 e. The van der Waals surface area contributed by atoms with E-state index in [9.17, 15) is 4.79 Å². The zero-order chi connectivity index (χ0) is 16.2. The minimum absolute atomic E-state index is 0.0717. The lowest BCUT2D eigenvalue weighted by atomic mass is 10.2. The van der Waals surface area contributed by atoms with Gasteiger partial charge < -0.3 is 14.4 Å². The summed E-state index contributed by atoms with van der Waals surface area (Å²) < 4.78 is 10.6. The Balaban J connectivity index is 1.62. The molecule has 0 unspecified atom stereocenters. The molecule has 0 atom stereocenters. The van der Waals surface area contributed by atoms with Crippen molar-refractivity contribution in [1.82, 2.24) is 4.90 Å². The van der Waals surface area contributed by atoms with Crippen LogP contribution in [0.5, 0.6) is 11.5 Å². The molecule has 4 nitrogen and oxygen atoms in total. The van der Waals surface area contributed by atoms with Gasteiger partial charge >= 0.3 is 0 Å². The first-order chi connectivity index (χ1) is 11.1. The Morgan fingerprint density at radius 1 is 1.17 bits per heavy atom. The zero-order valence-electron chi connectivity index (χ0n) is 12.7. The fraction of sp³-hybridized carbons (Fsp3) is 0.167. The number of amides is 1. The summed E-state index contributed by atoms with van der Waals surface area (Å²) in [5.74, 6) is 1.36. The molecule has 0 fully saturated rings. The Morgan fingerprint density at radius 2 is 1.91 bits per heavy atom. The Labute approximate surface area is 139 Å². The molecule has 0 bridgehead atoms. The monoisotopic (exact) mass is 329 g/mol. The van der Waals surface area contributed by atoms with Crippen LogP contribution in [0.15, 0.2) is 48.5 Å². The van der Waals surface area contributed by atoms with Crippen molar-refractivity contribution in [3.63, 3.8) is 0 Å². The lowest BCUT2D eigenvalue weighted by molar-refractivity contribution is -0.125. The van der Waals surface area contributed by atoms with E-state index in [1.807, 2.05) is 42.5 Å². The molecule has 3 rings (SSSR count). The van der Waals surface area contributed by atoms with Crippen LogP contribution in [0.25, 0.3) is 6.08 Å². The predicted molar refractivity (Wildman–Crippen MR) is 89.5 cm³/mol. The van der Waals surface area contributed by atoms with E-state index in [1.165, 1.54) is 0 Å². The molecule has 0 spiro atoms. The molecule has 2 aromatic rings. The van der Waals surface area contributed by atoms with Crippen LogP contribution in [0.1, 0.15) is 11.1 Å². The van der Waals surface area contributed by atoms with E-state index in [4.69, 9.17) is 21.1 Å². The molecular weight excluding hydrogens is 314 g/mol. The van der Waals surface area contributed by atoms with Crippen molar-refractivity contribution >= 4 is 23.6 Å². The highest BCUT2D eigenvalue weighted by Crippen LogP contribution is 2.32. The quantitative estimate of drug-likeness (QED) is 0.802. The molecule has 0 radical (unpaired) electrons. The molecule has 0 saturated carbocycles. The molecule has 1 aliphatic rings. The molecule has 23 heavy (non-hydrogen) atoms. The summed E-state index contributed by atoms with van der Waals surface area (Å²) in [6.07, 6.45) is 3.32. The molecule has 1 aliphatic heterocycles. The fourth-order valence-corrected chi connectivity index (χ4v) is 2.38. The number of halogens is 1. The Bertz CT molecular complexity index is 740. The normalized spacial score (nSPS) is 12.6. The molecule has 0 saturated heterocycles.